The van der Waals surface area contributed by atoms with Crippen molar-refractivity contribution in [2.75, 3.05) is 24.5 Å². The second-order valence-corrected chi connectivity index (χ2v) is 6.50. The van der Waals surface area contributed by atoms with E-state index in [1.165, 1.54) is 4.88 Å². The SMILES string of the molecule is O=C(NCCc1cccs1)[C@@H]1CCCN(c2cnccn2)C1. The average molecular weight is 316 g/mol. The van der Waals surface area contributed by atoms with Crippen LogP contribution in [-0.2, 0) is 11.2 Å². The van der Waals surface area contributed by atoms with Gasteiger partial charge in [-0.3, -0.25) is 9.78 Å². The molecule has 0 unspecified atom stereocenters. The molecule has 1 N–H and O–H groups in total. The lowest BCUT2D eigenvalue weighted by Gasteiger charge is -2.32. The molecular weight excluding hydrogens is 296 g/mol. The summed E-state index contributed by atoms with van der Waals surface area (Å²) in [5.74, 6) is 1.06. The number of nitrogens with one attached hydrogen (secondary N) is 1. The highest BCUT2D eigenvalue weighted by atomic mass is 32.1. The summed E-state index contributed by atoms with van der Waals surface area (Å²) in [6, 6.07) is 4.15. The fourth-order valence-corrected chi connectivity index (χ4v) is 3.47. The monoisotopic (exact) mass is 316 g/mol. The van der Waals surface area contributed by atoms with E-state index in [4.69, 9.17) is 0 Å². The first-order valence-corrected chi connectivity index (χ1v) is 8.52. The third-order valence-corrected chi connectivity index (χ3v) is 4.85. The number of rotatable bonds is 5. The van der Waals surface area contributed by atoms with Crippen molar-refractivity contribution in [1.29, 1.82) is 0 Å². The highest BCUT2D eigenvalue weighted by Gasteiger charge is 2.26. The van der Waals surface area contributed by atoms with E-state index in [9.17, 15) is 4.79 Å². The highest BCUT2D eigenvalue weighted by Crippen LogP contribution is 2.21. The Balaban J connectivity index is 1.49. The van der Waals surface area contributed by atoms with Crippen molar-refractivity contribution in [2.24, 2.45) is 5.92 Å². The first kappa shape index (κ1) is 15.0. The zero-order chi connectivity index (χ0) is 15.2. The molecule has 0 saturated carbocycles. The van der Waals surface area contributed by atoms with E-state index < -0.39 is 0 Å². The van der Waals surface area contributed by atoms with Gasteiger partial charge in [-0.15, -0.1) is 11.3 Å². The van der Waals surface area contributed by atoms with Crippen molar-refractivity contribution in [3.8, 4) is 0 Å². The summed E-state index contributed by atoms with van der Waals surface area (Å²) >= 11 is 1.73. The first-order valence-electron chi connectivity index (χ1n) is 7.64. The quantitative estimate of drug-likeness (QED) is 0.918. The Morgan fingerprint density at radius 2 is 2.41 bits per heavy atom. The number of carbonyl (C=O) groups excluding carboxylic acids is 1. The molecule has 3 rings (SSSR count). The van der Waals surface area contributed by atoms with Crippen LogP contribution >= 0.6 is 11.3 Å². The van der Waals surface area contributed by atoms with Crippen LogP contribution in [0.1, 0.15) is 17.7 Å². The number of anilines is 1. The Hall–Kier alpha value is -1.95. The van der Waals surface area contributed by atoms with Crippen LogP contribution in [0.2, 0.25) is 0 Å². The molecule has 0 bridgehead atoms. The lowest BCUT2D eigenvalue weighted by molar-refractivity contribution is -0.125. The minimum atomic E-state index is 0.0408. The molecule has 1 saturated heterocycles. The zero-order valence-corrected chi connectivity index (χ0v) is 13.3. The van der Waals surface area contributed by atoms with Crippen molar-refractivity contribution >= 4 is 23.1 Å². The van der Waals surface area contributed by atoms with Crippen molar-refractivity contribution in [3.63, 3.8) is 0 Å². The standard InChI is InChI=1S/C16H20N4OS/c21-16(19-6-5-14-4-2-10-22-14)13-3-1-9-20(12-13)15-11-17-7-8-18-15/h2,4,7-8,10-11,13H,1,3,5-6,9,12H2,(H,19,21)/t13-/m1/s1. The maximum absolute atomic E-state index is 12.3. The van der Waals surface area contributed by atoms with Gasteiger partial charge in [0, 0.05) is 36.9 Å². The molecule has 1 aliphatic heterocycles. The van der Waals surface area contributed by atoms with Gasteiger partial charge in [0.25, 0.3) is 0 Å². The minimum Gasteiger partial charge on any atom is -0.355 e. The van der Waals surface area contributed by atoms with E-state index in [2.05, 4.69) is 31.6 Å². The maximum atomic E-state index is 12.3. The van der Waals surface area contributed by atoms with Gasteiger partial charge in [-0.2, -0.15) is 0 Å². The highest BCUT2D eigenvalue weighted by molar-refractivity contribution is 7.09. The number of amides is 1. The van der Waals surface area contributed by atoms with E-state index in [1.807, 2.05) is 6.07 Å². The summed E-state index contributed by atoms with van der Waals surface area (Å²) in [5.41, 5.74) is 0. The molecule has 22 heavy (non-hydrogen) atoms. The molecule has 1 amide bonds. The van der Waals surface area contributed by atoms with Crippen molar-refractivity contribution in [1.82, 2.24) is 15.3 Å². The number of thiophene rings is 1. The largest absolute Gasteiger partial charge is 0.355 e. The van der Waals surface area contributed by atoms with Crippen LogP contribution in [0.4, 0.5) is 5.82 Å². The lowest BCUT2D eigenvalue weighted by atomic mass is 9.97. The van der Waals surface area contributed by atoms with Gasteiger partial charge < -0.3 is 10.2 Å². The summed E-state index contributed by atoms with van der Waals surface area (Å²) < 4.78 is 0. The third-order valence-electron chi connectivity index (χ3n) is 3.92. The summed E-state index contributed by atoms with van der Waals surface area (Å²) in [6.07, 6.45) is 7.99. The Kier molecular flexibility index (Phi) is 5.00. The van der Waals surface area contributed by atoms with Gasteiger partial charge in [0.15, 0.2) is 0 Å². The number of aromatic nitrogens is 2. The molecule has 2 aromatic rings. The Morgan fingerprint density at radius 3 is 3.18 bits per heavy atom. The van der Waals surface area contributed by atoms with E-state index in [1.54, 1.807) is 29.9 Å². The van der Waals surface area contributed by atoms with Crippen LogP contribution in [0.3, 0.4) is 0 Å². The molecule has 1 atom stereocenters. The predicted molar refractivity (Wildman–Crippen MR) is 88.0 cm³/mol. The van der Waals surface area contributed by atoms with Crippen LogP contribution < -0.4 is 10.2 Å². The zero-order valence-electron chi connectivity index (χ0n) is 12.4. The van der Waals surface area contributed by atoms with Crippen LogP contribution in [-0.4, -0.2) is 35.5 Å². The molecule has 2 aromatic heterocycles. The van der Waals surface area contributed by atoms with E-state index in [-0.39, 0.29) is 11.8 Å². The average Bonchev–Trinajstić information content (AvgIpc) is 3.09. The Morgan fingerprint density at radius 1 is 1.45 bits per heavy atom. The second-order valence-electron chi connectivity index (χ2n) is 5.47. The molecule has 6 heteroatoms. The first-order chi connectivity index (χ1) is 10.8. The lowest BCUT2D eigenvalue weighted by Crippen LogP contribution is -2.43. The number of carbonyl (C=O) groups is 1. The number of hydrogen-bond donors (Lipinski definition) is 1. The van der Waals surface area contributed by atoms with Crippen LogP contribution in [0.15, 0.2) is 36.1 Å². The van der Waals surface area contributed by atoms with Crippen LogP contribution in [0.25, 0.3) is 0 Å². The molecule has 1 fully saturated rings. The molecule has 0 spiro atoms. The van der Waals surface area contributed by atoms with Crippen molar-refractivity contribution in [2.45, 2.75) is 19.3 Å². The minimum absolute atomic E-state index is 0.0408. The Bertz CT molecular complexity index is 587. The van der Waals surface area contributed by atoms with Gasteiger partial charge >= 0.3 is 0 Å². The van der Waals surface area contributed by atoms with Crippen LogP contribution in [0.5, 0.6) is 0 Å². The number of hydrogen-bond acceptors (Lipinski definition) is 5. The van der Waals surface area contributed by atoms with E-state index in [0.717, 1.165) is 38.2 Å². The van der Waals surface area contributed by atoms with Gasteiger partial charge in [0.1, 0.15) is 5.82 Å². The van der Waals surface area contributed by atoms with E-state index >= 15 is 0 Å². The Labute approximate surface area is 134 Å². The third kappa shape index (κ3) is 3.82. The molecular formula is C16H20N4OS. The molecule has 3 heterocycles. The summed E-state index contributed by atoms with van der Waals surface area (Å²) in [5, 5.41) is 5.13. The van der Waals surface area contributed by atoms with Gasteiger partial charge in [0.05, 0.1) is 12.1 Å². The van der Waals surface area contributed by atoms with Gasteiger partial charge in [-0.1, -0.05) is 6.07 Å². The number of nitrogens with zero attached hydrogens (tertiary/aromatic N) is 3. The molecule has 116 valence electrons. The molecule has 1 aliphatic rings. The van der Waals surface area contributed by atoms with Crippen molar-refractivity contribution in [3.05, 3.63) is 41.0 Å². The summed E-state index contributed by atoms with van der Waals surface area (Å²) in [6.45, 7) is 2.38. The topological polar surface area (TPSA) is 58.1 Å². The summed E-state index contributed by atoms with van der Waals surface area (Å²) in [4.78, 5) is 24.2. The molecule has 0 aliphatic carbocycles. The fourth-order valence-electron chi connectivity index (χ4n) is 2.76. The molecule has 5 nitrogen and oxygen atoms in total. The summed E-state index contributed by atoms with van der Waals surface area (Å²) in [7, 11) is 0. The molecule has 0 aromatic carbocycles. The van der Waals surface area contributed by atoms with Gasteiger partial charge in [0.2, 0.25) is 5.91 Å². The smallest absolute Gasteiger partial charge is 0.224 e. The maximum Gasteiger partial charge on any atom is 0.224 e. The molecule has 0 radical (unpaired) electrons. The van der Waals surface area contributed by atoms with Gasteiger partial charge in [-0.05, 0) is 30.7 Å². The predicted octanol–water partition coefficient (Wildman–Crippen LogP) is 2.11. The number of piperidine rings is 1. The normalized spacial score (nSPS) is 18.2. The van der Waals surface area contributed by atoms with Gasteiger partial charge in [-0.25, -0.2) is 4.98 Å². The van der Waals surface area contributed by atoms with Crippen LogP contribution in [0, 0.1) is 5.92 Å². The fraction of sp³-hybridized carbons (Fsp3) is 0.438. The van der Waals surface area contributed by atoms with Crippen molar-refractivity contribution < 1.29 is 4.79 Å². The van der Waals surface area contributed by atoms with E-state index in [0.29, 0.717) is 6.54 Å². The second kappa shape index (κ2) is 7.35.